The van der Waals surface area contributed by atoms with E-state index in [0.29, 0.717) is 13.0 Å². The second-order valence-corrected chi connectivity index (χ2v) is 4.89. The zero-order chi connectivity index (χ0) is 11.4. The van der Waals surface area contributed by atoms with Crippen molar-refractivity contribution in [2.45, 2.75) is 57.0 Å². The van der Waals surface area contributed by atoms with Gasteiger partial charge in [-0.15, -0.1) is 0 Å². The highest BCUT2D eigenvalue weighted by Crippen LogP contribution is 2.32. The highest BCUT2D eigenvalue weighted by Gasteiger charge is 2.39. The third-order valence-corrected chi connectivity index (χ3v) is 3.31. The summed E-state index contributed by atoms with van der Waals surface area (Å²) in [5.74, 6) is -0.512. The van der Waals surface area contributed by atoms with Crippen molar-refractivity contribution < 1.29 is 19.3 Å². The van der Waals surface area contributed by atoms with E-state index in [4.69, 9.17) is 19.3 Å². The normalized spacial score (nSPS) is 40.1. The Balaban J connectivity index is 1.79. The van der Waals surface area contributed by atoms with E-state index in [1.54, 1.807) is 0 Å². The van der Waals surface area contributed by atoms with Gasteiger partial charge in [0.2, 0.25) is 0 Å². The first-order chi connectivity index (χ1) is 7.72. The van der Waals surface area contributed by atoms with Crippen molar-refractivity contribution in [3.8, 4) is 0 Å². The van der Waals surface area contributed by atoms with Crippen LogP contribution in [0, 0.1) is 0 Å². The monoisotopic (exact) mass is 230 g/mol. The summed E-state index contributed by atoms with van der Waals surface area (Å²) in [4.78, 5) is 0. The molecule has 94 valence electrons. The maximum absolute atomic E-state index is 8.86. The smallest absolute Gasteiger partial charge is 0.168 e. The molecule has 2 rings (SSSR count). The van der Waals surface area contributed by atoms with Crippen LogP contribution in [-0.4, -0.2) is 42.9 Å². The molecule has 2 aliphatic rings. The first-order valence-electron chi connectivity index (χ1n) is 6.26. The summed E-state index contributed by atoms with van der Waals surface area (Å²) in [6, 6.07) is 0. The molecule has 0 bridgehead atoms. The molecule has 2 saturated heterocycles. The molecule has 3 atom stereocenters. The van der Waals surface area contributed by atoms with Crippen molar-refractivity contribution in [2.75, 3.05) is 19.8 Å². The maximum atomic E-state index is 8.86. The topological polar surface area (TPSA) is 47.9 Å². The van der Waals surface area contributed by atoms with E-state index in [1.807, 2.05) is 6.92 Å². The van der Waals surface area contributed by atoms with Crippen molar-refractivity contribution in [1.82, 2.24) is 0 Å². The molecule has 0 saturated carbocycles. The van der Waals surface area contributed by atoms with Crippen LogP contribution < -0.4 is 0 Å². The summed E-state index contributed by atoms with van der Waals surface area (Å²) in [5, 5.41) is 8.86. The van der Waals surface area contributed by atoms with Gasteiger partial charge in [-0.2, -0.15) is 0 Å². The summed E-state index contributed by atoms with van der Waals surface area (Å²) in [6.07, 6.45) is 5.27. The van der Waals surface area contributed by atoms with E-state index in [2.05, 4.69) is 0 Å². The molecule has 0 aromatic heterocycles. The molecule has 1 N–H and O–H groups in total. The van der Waals surface area contributed by atoms with Gasteiger partial charge in [-0.05, 0) is 32.6 Å². The van der Waals surface area contributed by atoms with Gasteiger partial charge >= 0.3 is 0 Å². The summed E-state index contributed by atoms with van der Waals surface area (Å²) in [5.41, 5.74) is 0. The van der Waals surface area contributed by atoms with Gasteiger partial charge in [-0.1, -0.05) is 0 Å². The highest BCUT2D eigenvalue weighted by molar-refractivity contribution is 4.79. The van der Waals surface area contributed by atoms with E-state index in [0.717, 1.165) is 19.4 Å². The second kappa shape index (κ2) is 5.45. The summed E-state index contributed by atoms with van der Waals surface area (Å²) in [7, 11) is 0. The Morgan fingerprint density at radius 3 is 2.88 bits per heavy atom. The summed E-state index contributed by atoms with van der Waals surface area (Å²) >= 11 is 0. The predicted molar refractivity (Wildman–Crippen MR) is 59.1 cm³/mol. The average molecular weight is 230 g/mol. The van der Waals surface area contributed by atoms with E-state index in [9.17, 15) is 0 Å². The van der Waals surface area contributed by atoms with Crippen LogP contribution in [0.4, 0.5) is 0 Å². The van der Waals surface area contributed by atoms with Gasteiger partial charge in [-0.3, -0.25) is 0 Å². The summed E-state index contributed by atoms with van der Waals surface area (Å²) in [6.45, 7) is 3.58. The number of aliphatic hydroxyl groups excluding tert-OH is 1. The van der Waals surface area contributed by atoms with Gasteiger partial charge in [0, 0.05) is 19.6 Å². The lowest BCUT2D eigenvalue weighted by molar-refractivity contribution is -0.182. The molecular weight excluding hydrogens is 208 g/mol. The molecule has 2 aliphatic heterocycles. The molecule has 2 fully saturated rings. The van der Waals surface area contributed by atoms with Crippen LogP contribution >= 0.6 is 0 Å². The first kappa shape index (κ1) is 12.3. The zero-order valence-corrected chi connectivity index (χ0v) is 9.98. The molecule has 4 heteroatoms. The van der Waals surface area contributed by atoms with Gasteiger partial charge < -0.3 is 19.3 Å². The Kier molecular flexibility index (Phi) is 4.19. The van der Waals surface area contributed by atoms with Crippen LogP contribution in [-0.2, 0) is 14.2 Å². The van der Waals surface area contributed by atoms with Crippen molar-refractivity contribution in [3.05, 3.63) is 0 Å². The fourth-order valence-corrected chi connectivity index (χ4v) is 2.47. The van der Waals surface area contributed by atoms with E-state index < -0.39 is 5.79 Å². The molecule has 0 aliphatic carbocycles. The van der Waals surface area contributed by atoms with Crippen LogP contribution in [0.1, 0.15) is 39.0 Å². The van der Waals surface area contributed by atoms with Crippen LogP contribution in [0.2, 0.25) is 0 Å². The van der Waals surface area contributed by atoms with E-state index in [-0.39, 0.29) is 18.8 Å². The standard InChI is InChI=1S/C12H22O4/c1-12(8-10-4-2-3-7-14-10)15-9-11(16-12)5-6-13/h10-11,13H,2-9H2,1H3. The van der Waals surface area contributed by atoms with E-state index >= 15 is 0 Å². The Bertz CT molecular complexity index is 215. The fraction of sp³-hybridized carbons (Fsp3) is 1.00. The quantitative estimate of drug-likeness (QED) is 0.794. The predicted octanol–water partition coefficient (Wildman–Crippen LogP) is 1.46. The molecule has 0 spiro atoms. The molecule has 0 amide bonds. The van der Waals surface area contributed by atoms with Crippen LogP contribution in [0.5, 0.6) is 0 Å². The molecule has 2 heterocycles. The summed E-state index contributed by atoms with van der Waals surface area (Å²) < 4.78 is 17.2. The molecule has 0 aromatic rings. The molecule has 0 aromatic carbocycles. The molecule has 3 unspecified atom stereocenters. The van der Waals surface area contributed by atoms with Gasteiger partial charge in [0.05, 0.1) is 18.8 Å². The van der Waals surface area contributed by atoms with Gasteiger partial charge in [0.15, 0.2) is 5.79 Å². The SMILES string of the molecule is CC1(CC2CCCCO2)OCC(CCO)O1. The van der Waals surface area contributed by atoms with Gasteiger partial charge in [0.25, 0.3) is 0 Å². The molecule has 0 radical (unpaired) electrons. The minimum atomic E-state index is -0.512. The van der Waals surface area contributed by atoms with Crippen molar-refractivity contribution >= 4 is 0 Å². The first-order valence-corrected chi connectivity index (χ1v) is 6.26. The lowest BCUT2D eigenvalue weighted by atomic mass is 10.0. The lowest BCUT2D eigenvalue weighted by Gasteiger charge is -2.30. The third kappa shape index (κ3) is 3.17. The Morgan fingerprint density at radius 1 is 1.31 bits per heavy atom. The Labute approximate surface area is 96.9 Å². The molecular formula is C12H22O4. The van der Waals surface area contributed by atoms with Gasteiger partial charge in [0.1, 0.15) is 0 Å². The van der Waals surface area contributed by atoms with Crippen molar-refractivity contribution in [1.29, 1.82) is 0 Å². The Morgan fingerprint density at radius 2 is 2.19 bits per heavy atom. The van der Waals surface area contributed by atoms with Crippen LogP contribution in [0.3, 0.4) is 0 Å². The number of hydrogen-bond acceptors (Lipinski definition) is 4. The van der Waals surface area contributed by atoms with Gasteiger partial charge in [-0.25, -0.2) is 0 Å². The number of hydrogen-bond donors (Lipinski definition) is 1. The largest absolute Gasteiger partial charge is 0.396 e. The Hall–Kier alpha value is -0.160. The molecule has 16 heavy (non-hydrogen) atoms. The molecule has 4 nitrogen and oxygen atoms in total. The third-order valence-electron chi connectivity index (χ3n) is 3.31. The second-order valence-electron chi connectivity index (χ2n) is 4.89. The van der Waals surface area contributed by atoms with Crippen LogP contribution in [0.25, 0.3) is 0 Å². The minimum absolute atomic E-state index is 0.0404. The highest BCUT2D eigenvalue weighted by atomic mass is 16.7. The number of rotatable bonds is 4. The number of aliphatic hydroxyl groups is 1. The number of ether oxygens (including phenoxy) is 3. The fourth-order valence-electron chi connectivity index (χ4n) is 2.47. The average Bonchev–Trinajstić information content (AvgIpc) is 2.62. The van der Waals surface area contributed by atoms with Crippen molar-refractivity contribution in [2.24, 2.45) is 0 Å². The zero-order valence-electron chi connectivity index (χ0n) is 9.98. The van der Waals surface area contributed by atoms with E-state index in [1.165, 1.54) is 12.8 Å². The van der Waals surface area contributed by atoms with Crippen LogP contribution in [0.15, 0.2) is 0 Å². The van der Waals surface area contributed by atoms with Crippen molar-refractivity contribution in [3.63, 3.8) is 0 Å². The minimum Gasteiger partial charge on any atom is -0.396 e. The maximum Gasteiger partial charge on any atom is 0.168 e. The lowest BCUT2D eigenvalue weighted by Crippen LogP contribution is -2.34.